The van der Waals surface area contributed by atoms with E-state index in [0.29, 0.717) is 0 Å². The van der Waals surface area contributed by atoms with Crippen molar-refractivity contribution in [1.82, 2.24) is 4.57 Å². The fraction of sp³-hybridized carbons (Fsp3) is 0.0476. The highest BCUT2D eigenvalue weighted by Crippen LogP contribution is 2.52. The minimum Gasteiger partial charge on any atom is -0.310 e. The second kappa shape index (κ2) is 15.1. The lowest BCUT2D eigenvalue weighted by atomic mass is 9.79. The van der Waals surface area contributed by atoms with Crippen molar-refractivity contribution in [1.29, 1.82) is 0 Å². The van der Waals surface area contributed by atoms with Crippen LogP contribution in [0.4, 0.5) is 17.1 Å². The van der Waals surface area contributed by atoms with E-state index < -0.39 is 0 Å². The molecular formula is C63H44N2S. The van der Waals surface area contributed by atoms with E-state index >= 15 is 0 Å². The first-order valence-corrected chi connectivity index (χ1v) is 23.7. The monoisotopic (exact) mass is 860 g/mol. The summed E-state index contributed by atoms with van der Waals surface area (Å²) < 4.78 is 5.00. The molecule has 2 heterocycles. The van der Waals surface area contributed by atoms with Crippen LogP contribution in [0.1, 0.15) is 25.0 Å². The summed E-state index contributed by atoms with van der Waals surface area (Å²) in [7, 11) is 0. The topological polar surface area (TPSA) is 8.17 Å². The standard InChI is InChI=1S/C63H44N2S/c1-63(2)54-25-8-3-19-49(54)52-24-14-23-48(62(52)63)42-34-38-46(39-35-42)64(58-29-15-31-60-61(58)53-22-7-12-30-59(53)66-60)45-36-32-41(33-37-45)43-16-13-17-44(40-43)47-18-4-9-26-55(47)65-56-27-10-5-20-50(56)51-21-6-11-28-57(51)65/h3-40H,1-2H3. The second-order valence-electron chi connectivity index (χ2n) is 18.0. The van der Waals surface area contributed by atoms with Gasteiger partial charge in [-0.15, -0.1) is 11.3 Å². The largest absolute Gasteiger partial charge is 0.310 e. The predicted octanol–water partition coefficient (Wildman–Crippen LogP) is 17.9. The molecule has 0 bridgehead atoms. The molecule has 12 aromatic rings. The molecule has 0 spiro atoms. The second-order valence-corrected chi connectivity index (χ2v) is 19.1. The van der Waals surface area contributed by atoms with Crippen LogP contribution in [-0.4, -0.2) is 4.57 Å². The van der Waals surface area contributed by atoms with Gasteiger partial charge in [-0.3, -0.25) is 0 Å². The highest BCUT2D eigenvalue weighted by molar-refractivity contribution is 7.26. The zero-order valence-electron chi connectivity index (χ0n) is 36.7. The summed E-state index contributed by atoms with van der Waals surface area (Å²) in [6.45, 7) is 4.74. The van der Waals surface area contributed by atoms with Crippen molar-refractivity contribution in [2.24, 2.45) is 0 Å². The average Bonchev–Trinajstić information content (AvgIpc) is 4.00. The lowest BCUT2D eigenvalue weighted by molar-refractivity contribution is 0.662. The predicted molar refractivity (Wildman–Crippen MR) is 282 cm³/mol. The number of benzene rings is 10. The molecule has 1 aliphatic carbocycles. The average molecular weight is 861 g/mol. The van der Waals surface area contributed by atoms with Crippen LogP contribution in [0.3, 0.4) is 0 Å². The van der Waals surface area contributed by atoms with Crippen molar-refractivity contribution in [3.63, 3.8) is 0 Å². The smallest absolute Gasteiger partial charge is 0.0554 e. The molecule has 3 heteroatoms. The summed E-state index contributed by atoms with van der Waals surface area (Å²) >= 11 is 1.86. The van der Waals surface area contributed by atoms with Gasteiger partial charge < -0.3 is 9.47 Å². The third-order valence-electron chi connectivity index (χ3n) is 14.0. The summed E-state index contributed by atoms with van der Waals surface area (Å²) in [5.41, 5.74) is 19.6. The Morgan fingerprint density at radius 2 is 0.939 bits per heavy atom. The quantitative estimate of drug-likeness (QED) is 0.155. The molecule has 1 aliphatic rings. The molecule has 2 aromatic heterocycles. The molecule has 0 unspecified atom stereocenters. The van der Waals surface area contributed by atoms with Crippen LogP contribution in [0.25, 0.3) is 92.2 Å². The Balaban J connectivity index is 0.907. The molecule has 0 N–H and O–H groups in total. The van der Waals surface area contributed by atoms with Crippen molar-refractivity contribution < 1.29 is 0 Å². The molecule has 0 fully saturated rings. The van der Waals surface area contributed by atoms with E-state index in [1.165, 1.54) is 109 Å². The Morgan fingerprint density at radius 3 is 1.70 bits per heavy atom. The van der Waals surface area contributed by atoms with Crippen molar-refractivity contribution in [3.05, 3.63) is 242 Å². The maximum absolute atomic E-state index is 2.45. The SMILES string of the molecule is CC1(C)c2ccccc2-c2cccc(-c3ccc(N(c4ccc(-c5cccc(-c6ccccc6-n6c7ccccc7c7ccccc76)c5)cc4)c4cccc5sc6ccccc6c45)cc3)c21. The molecule has 0 radical (unpaired) electrons. The van der Waals surface area contributed by atoms with E-state index in [0.717, 1.165) is 11.4 Å². The summed E-state index contributed by atoms with van der Waals surface area (Å²) in [4.78, 5) is 2.45. The van der Waals surface area contributed by atoms with Gasteiger partial charge in [0.05, 0.1) is 22.4 Å². The van der Waals surface area contributed by atoms with Crippen LogP contribution in [0.2, 0.25) is 0 Å². The minimum atomic E-state index is -0.0973. The number of hydrogen-bond acceptors (Lipinski definition) is 2. The molecule has 0 saturated carbocycles. The number of para-hydroxylation sites is 3. The number of anilines is 3. The Bertz CT molecular complexity index is 3790. The van der Waals surface area contributed by atoms with Gasteiger partial charge >= 0.3 is 0 Å². The van der Waals surface area contributed by atoms with E-state index in [2.05, 4.69) is 254 Å². The van der Waals surface area contributed by atoms with Crippen LogP contribution in [0.5, 0.6) is 0 Å². The Morgan fingerprint density at radius 1 is 0.394 bits per heavy atom. The highest BCUT2D eigenvalue weighted by Gasteiger charge is 2.37. The summed E-state index contributed by atoms with van der Waals surface area (Å²) in [6.07, 6.45) is 0. The first-order valence-electron chi connectivity index (χ1n) is 22.8. The van der Waals surface area contributed by atoms with E-state index in [1.54, 1.807) is 0 Å². The lowest BCUT2D eigenvalue weighted by Gasteiger charge is -2.27. The third-order valence-corrected chi connectivity index (χ3v) is 15.1. The van der Waals surface area contributed by atoms with Crippen molar-refractivity contribution in [2.45, 2.75) is 19.3 Å². The normalized spacial score (nSPS) is 12.8. The van der Waals surface area contributed by atoms with Crippen molar-refractivity contribution in [3.8, 4) is 50.2 Å². The highest BCUT2D eigenvalue weighted by atomic mass is 32.1. The molecule has 0 atom stereocenters. The van der Waals surface area contributed by atoms with Crippen molar-refractivity contribution in [2.75, 3.05) is 4.90 Å². The van der Waals surface area contributed by atoms with Gasteiger partial charge in [0.15, 0.2) is 0 Å². The van der Waals surface area contributed by atoms with E-state index in [9.17, 15) is 0 Å². The molecule has 0 amide bonds. The van der Waals surface area contributed by atoms with Gasteiger partial charge in [0.2, 0.25) is 0 Å². The molecule has 66 heavy (non-hydrogen) atoms. The minimum absolute atomic E-state index is 0.0973. The van der Waals surface area contributed by atoms with Crippen LogP contribution in [0, 0.1) is 0 Å². The number of nitrogens with zero attached hydrogens (tertiary/aromatic N) is 2. The van der Waals surface area contributed by atoms with Crippen LogP contribution in [0.15, 0.2) is 231 Å². The summed E-state index contributed by atoms with van der Waals surface area (Å²) in [5.74, 6) is 0. The molecule has 312 valence electrons. The van der Waals surface area contributed by atoms with E-state index in [1.807, 2.05) is 11.3 Å². The third kappa shape index (κ3) is 5.94. The fourth-order valence-electron chi connectivity index (χ4n) is 11.0. The molecular weight excluding hydrogens is 817 g/mol. The van der Waals surface area contributed by atoms with Gasteiger partial charge in [-0.2, -0.15) is 0 Å². The van der Waals surface area contributed by atoms with Crippen molar-refractivity contribution >= 4 is 70.4 Å². The summed E-state index contributed by atoms with van der Waals surface area (Å²) in [6, 6.07) is 85.0. The first kappa shape index (κ1) is 38.5. The van der Waals surface area contributed by atoms with Gasteiger partial charge in [0.25, 0.3) is 0 Å². The molecule has 0 saturated heterocycles. The molecule has 0 aliphatic heterocycles. The number of aromatic nitrogens is 1. The first-order chi connectivity index (χ1) is 32.5. The van der Waals surface area contributed by atoms with Gasteiger partial charge in [-0.25, -0.2) is 0 Å². The zero-order valence-corrected chi connectivity index (χ0v) is 37.6. The van der Waals surface area contributed by atoms with Crippen LogP contribution >= 0.6 is 11.3 Å². The number of thiophene rings is 1. The molecule has 13 rings (SSSR count). The van der Waals surface area contributed by atoms with Crippen LogP contribution < -0.4 is 4.90 Å². The number of fused-ring (bicyclic) bond motifs is 9. The summed E-state index contributed by atoms with van der Waals surface area (Å²) in [5, 5.41) is 5.09. The zero-order chi connectivity index (χ0) is 43.9. The Labute approximate surface area is 388 Å². The Kier molecular flexibility index (Phi) is 8.78. The van der Waals surface area contributed by atoms with Gasteiger partial charge in [0, 0.05) is 53.3 Å². The number of rotatable bonds is 7. The molecule has 2 nitrogen and oxygen atoms in total. The fourth-order valence-corrected chi connectivity index (χ4v) is 12.1. The van der Waals surface area contributed by atoms with Gasteiger partial charge in [-0.1, -0.05) is 178 Å². The van der Waals surface area contributed by atoms with Gasteiger partial charge in [-0.05, 0) is 117 Å². The molecule has 10 aromatic carbocycles. The van der Waals surface area contributed by atoms with Crippen LogP contribution in [-0.2, 0) is 5.41 Å². The van der Waals surface area contributed by atoms with Gasteiger partial charge in [0.1, 0.15) is 0 Å². The maximum atomic E-state index is 2.45. The van der Waals surface area contributed by atoms with E-state index in [4.69, 9.17) is 0 Å². The number of hydrogen-bond donors (Lipinski definition) is 0. The lowest BCUT2D eigenvalue weighted by Crippen LogP contribution is -2.16. The maximum Gasteiger partial charge on any atom is 0.0554 e. The Hall–Kier alpha value is -7.98. The van der Waals surface area contributed by atoms with E-state index in [-0.39, 0.29) is 5.41 Å².